The van der Waals surface area contributed by atoms with Crippen LogP contribution < -0.4 is 10.6 Å². The van der Waals surface area contributed by atoms with Gasteiger partial charge in [0.15, 0.2) is 0 Å². The minimum absolute atomic E-state index is 0.616. The van der Waals surface area contributed by atoms with Crippen molar-refractivity contribution in [2.75, 3.05) is 50.7 Å². The number of methoxy groups -OCH3 is 1. The molecule has 0 bridgehead atoms. The van der Waals surface area contributed by atoms with E-state index >= 15 is 0 Å². The van der Waals surface area contributed by atoms with Crippen LogP contribution in [0.15, 0.2) is 0 Å². The number of nitrogens with one attached hydrogen (secondary N) is 2. The van der Waals surface area contributed by atoms with Gasteiger partial charge in [-0.1, -0.05) is 13.8 Å². The maximum Gasteiger partial charge on any atom is 0.134 e. The molecule has 0 aliphatic heterocycles. The van der Waals surface area contributed by atoms with Crippen molar-refractivity contribution in [3.63, 3.8) is 0 Å². The van der Waals surface area contributed by atoms with E-state index in [2.05, 4.69) is 34.4 Å². The molecule has 2 N–H and O–H groups in total. The largest absolute Gasteiger partial charge is 0.382 e. The molecule has 1 heterocycles. The number of hydrogen-bond donors (Lipinski definition) is 2. The van der Waals surface area contributed by atoms with Gasteiger partial charge in [0.2, 0.25) is 0 Å². The predicted molar refractivity (Wildman–Crippen MR) is 86.1 cm³/mol. The topological polar surface area (TPSA) is 68.3 Å². The molecule has 0 saturated heterocycles. The molecule has 0 unspecified atom stereocenters. The summed E-state index contributed by atoms with van der Waals surface area (Å²) < 4.78 is 10.4. The molecule has 0 spiro atoms. The van der Waals surface area contributed by atoms with E-state index in [1.165, 1.54) is 0 Å². The highest BCUT2D eigenvalue weighted by molar-refractivity contribution is 5.57. The number of aryl methyl sites for hydroxylation is 1. The van der Waals surface area contributed by atoms with E-state index in [-0.39, 0.29) is 0 Å². The van der Waals surface area contributed by atoms with E-state index in [0.29, 0.717) is 19.8 Å². The SMILES string of the molecule is CCCNc1nc(CC)nc(NCCOCCOC)c1C. The molecule has 6 nitrogen and oxygen atoms in total. The Morgan fingerprint density at radius 2 is 1.62 bits per heavy atom. The fourth-order valence-corrected chi connectivity index (χ4v) is 1.79. The number of aromatic nitrogens is 2. The standard InChI is InChI=1S/C15H28N4O2/c1-5-7-16-14-12(3)15(19-13(6-2)18-14)17-8-9-21-11-10-20-4/h5-11H2,1-4H3,(H2,16,17,18,19). The first-order valence-corrected chi connectivity index (χ1v) is 7.64. The number of ether oxygens (including phenoxy) is 2. The van der Waals surface area contributed by atoms with Gasteiger partial charge in [0, 0.05) is 32.2 Å². The van der Waals surface area contributed by atoms with Crippen molar-refractivity contribution < 1.29 is 9.47 Å². The number of rotatable bonds is 11. The van der Waals surface area contributed by atoms with Crippen molar-refractivity contribution in [3.05, 3.63) is 11.4 Å². The first-order valence-electron chi connectivity index (χ1n) is 7.64. The Hall–Kier alpha value is -1.40. The molecular weight excluding hydrogens is 268 g/mol. The van der Waals surface area contributed by atoms with E-state index in [4.69, 9.17) is 9.47 Å². The van der Waals surface area contributed by atoms with Crippen molar-refractivity contribution in [2.24, 2.45) is 0 Å². The van der Waals surface area contributed by atoms with Crippen molar-refractivity contribution in [1.82, 2.24) is 9.97 Å². The molecule has 0 amide bonds. The maximum absolute atomic E-state index is 5.44. The van der Waals surface area contributed by atoms with Gasteiger partial charge in [-0.2, -0.15) is 0 Å². The van der Waals surface area contributed by atoms with Crippen molar-refractivity contribution in [3.8, 4) is 0 Å². The van der Waals surface area contributed by atoms with Crippen LogP contribution in [0.4, 0.5) is 11.6 Å². The minimum Gasteiger partial charge on any atom is -0.382 e. The van der Waals surface area contributed by atoms with Crippen LogP contribution >= 0.6 is 0 Å². The average Bonchev–Trinajstić information content (AvgIpc) is 2.50. The van der Waals surface area contributed by atoms with Gasteiger partial charge in [-0.15, -0.1) is 0 Å². The molecule has 0 saturated carbocycles. The van der Waals surface area contributed by atoms with Gasteiger partial charge in [-0.3, -0.25) is 0 Å². The van der Waals surface area contributed by atoms with E-state index in [1.54, 1.807) is 7.11 Å². The summed E-state index contributed by atoms with van der Waals surface area (Å²) in [7, 11) is 1.67. The normalized spacial score (nSPS) is 10.7. The van der Waals surface area contributed by atoms with E-state index in [9.17, 15) is 0 Å². The second kappa shape index (κ2) is 10.3. The van der Waals surface area contributed by atoms with Crippen LogP contribution in [0, 0.1) is 6.92 Å². The summed E-state index contributed by atoms with van der Waals surface area (Å²) >= 11 is 0. The molecule has 21 heavy (non-hydrogen) atoms. The highest BCUT2D eigenvalue weighted by Gasteiger charge is 2.09. The van der Waals surface area contributed by atoms with Crippen molar-refractivity contribution in [2.45, 2.75) is 33.6 Å². The van der Waals surface area contributed by atoms with Crippen molar-refractivity contribution >= 4 is 11.6 Å². The van der Waals surface area contributed by atoms with Crippen LogP contribution in [0.25, 0.3) is 0 Å². The lowest BCUT2D eigenvalue weighted by Crippen LogP contribution is -2.16. The van der Waals surface area contributed by atoms with Crippen LogP contribution in [-0.2, 0) is 15.9 Å². The van der Waals surface area contributed by atoms with Gasteiger partial charge in [0.05, 0.1) is 19.8 Å². The smallest absolute Gasteiger partial charge is 0.134 e. The Kier molecular flexibility index (Phi) is 8.69. The summed E-state index contributed by atoms with van der Waals surface area (Å²) in [6, 6.07) is 0. The van der Waals surface area contributed by atoms with Crippen LogP contribution in [0.2, 0.25) is 0 Å². The molecule has 0 atom stereocenters. The lowest BCUT2D eigenvalue weighted by molar-refractivity contribution is 0.0759. The molecule has 120 valence electrons. The van der Waals surface area contributed by atoms with Gasteiger partial charge in [0.1, 0.15) is 17.5 Å². The first kappa shape index (κ1) is 17.7. The third-order valence-corrected chi connectivity index (χ3v) is 3.02. The summed E-state index contributed by atoms with van der Waals surface area (Å²) in [6.45, 7) is 9.74. The quantitative estimate of drug-likeness (QED) is 0.610. The lowest BCUT2D eigenvalue weighted by atomic mass is 10.2. The molecule has 0 fully saturated rings. The van der Waals surface area contributed by atoms with Crippen LogP contribution in [0.5, 0.6) is 0 Å². The Balaban J connectivity index is 2.58. The van der Waals surface area contributed by atoms with Crippen LogP contribution in [-0.4, -0.2) is 50.0 Å². The maximum atomic E-state index is 5.44. The predicted octanol–water partition coefficient (Wildman–Crippen LogP) is 2.24. The average molecular weight is 296 g/mol. The minimum atomic E-state index is 0.616. The number of hydrogen-bond acceptors (Lipinski definition) is 6. The molecule has 6 heteroatoms. The van der Waals surface area contributed by atoms with Gasteiger partial charge in [0.25, 0.3) is 0 Å². The summed E-state index contributed by atoms with van der Waals surface area (Å²) in [4.78, 5) is 9.10. The van der Waals surface area contributed by atoms with E-state index in [0.717, 1.165) is 49.0 Å². The molecule has 0 aliphatic carbocycles. The Morgan fingerprint density at radius 1 is 0.952 bits per heavy atom. The third kappa shape index (κ3) is 6.27. The number of nitrogens with zero attached hydrogens (tertiary/aromatic N) is 2. The number of anilines is 2. The summed E-state index contributed by atoms with van der Waals surface area (Å²) in [5.74, 6) is 2.66. The zero-order valence-corrected chi connectivity index (χ0v) is 13.7. The monoisotopic (exact) mass is 296 g/mol. The van der Waals surface area contributed by atoms with Crippen LogP contribution in [0.3, 0.4) is 0 Å². The highest BCUT2D eigenvalue weighted by atomic mass is 16.5. The zero-order chi connectivity index (χ0) is 15.5. The fraction of sp³-hybridized carbons (Fsp3) is 0.733. The molecule has 0 aromatic carbocycles. The molecule has 1 aromatic heterocycles. The van der Waals surface area contributed by atoms with Gasteiger partial charge >= 0.3 is 0 Å². The summed E-state index contributed by atoms with van der Waals surface area (Å²) in [6.07, 6.45) is 1.89. The Labute approximate surface area is 127 Å². The van der Waals surface area contributed by atoms with E-state index in [1.807, 2.05) is 6.92 Å². The van der Waals surface area contributed by atoms with Crippen LogP contribution in [0.1, 0.15) is 31.7 Å². The van der Waals surface area contributed by atoms with Gasteiger partial charge in [-0.25, -0.2) is 9.97 Å². The van der Waals surface area contributed by atoms with Gasteiger partial charge < -0.3 is 20.1 Å². The summed E-state index contributed by atoms with van der Waals surface area (Å²) in [5.41, 5.74) is 1.05. The molecule has 0 aliphatic rings. The molecule has 0 radical (unpaired) electrons. The fourth-order valence-electron chi connectivity index (χ4n) is 1.79. The lowest BCUT2D eigenvalue weighted by Gasteiger charge is -2.14. The third-order valence-electron chi connectivity index (χ3n) is 3.02. The van der Waals surface area contributed by atoms with Gasteiger partial charge in [-0.05, 0) is 13.3 Å². The van der Waals surface area contributed by atoms with E-state index < -0.39 is 0 Å². The second-order valence-electron chi connectivity index (χ2n) is 4.77. The Bertz CT molecular complexity index is 413. The second-order valence-corrected chi connectivity index (χ2v) is 4.77. The summed E-state index contributed by atoms with van der Waals surface area (Å²) in [5, 5.41) is 6.68. The highest BCUT2D eigenvalue weighted by Crippen LogP contribution is 2.20. The van der Waals surface area contributed by atoms with Crippen molar-refractivity contribution in [1.29, 1.82) is 0 Å². The molecule has 1 rings (SSSR count). The molecular formula is C15H28N4O2. The molecule has 1 aromatic rings. The Morgan fingerprint density at radius 3 is 2.19 bits per heavy atom. The zero-order valence-electron chi connectivity index (χ0n) is 13.7. The first-order chi connectivity index (χ1) is 10.2.